The first-order valence-electron chi connectivity index (χ1n) is 8.79. The number of aromatic nitrogens is 1. The zero-order valence-electron chi connectivity index (χ0n) is 16.3. The van der Waals surface area contributed by atoms with Crippen LogP contribution in [0.5, 0.6) is 5.75 Å². The molecule has 0 fully saturated rings. The first-order valence-corrected chi connectivity index (χ1v) is 8.79. The maximum atomic E-state index is 12.8. The van der Waals surface area contributed by atoms with Crippen LogP contribution in [0.2, 0.25) is 0 Å². The van der Waals surface area contributed by atoms with Gasteiger partial charge in [-0.1, -0.05) is 26.8 Å². The molecule has 0 unspecified atom stereocenters. The number of anilines is 1. The summed E-state index contributed by atoms with van der Waals surface area (Å²) < 4.78 is 5.42. The van der Waals surface area contributed by atoms with Crippen LogP contribution in [0.4, 0.5) is 5.69 Å². The number of amides is 1. The number of carbonyl (C=O) groups is 1. The van der Waals surface area contributed by atoms with Gasteiger partial charge in [0.25, 0.3) is 5.91 Å². The summed E-state index contributed by atoms with van der Waals surface area (Å²) in [5.41, 5.74) is 5.78. The minimum atomic E-state index is -0.144. The number of rotatable bonds is 3. The molecule has 4 nitrogen and oxygen atoms in total. The fraction of sp³-hybridized carbons (Fsp3) is 0.318. The van der Waals surface area contributed by atoms with Gasteiger partial charge < -0.3 is 15.0 Å². The molecule has 0 aliphatic heterocycles. The molecule has 26 heavy (non-hydrogen) atoms. The van der Waals surface area contributed by atoms with Crippen LogP contribution < -0.4 is 10.1 Å². The Morgan fingerprint density at radius 2 is 1.81 bits per heavy atom. The van der Waals surface area contributed by atoms with Crippen molar-refractivity contribution in [2.45, 2.75) is 40.0 Å². The topological polar surface area (TPSA) is 54.1 Å². The molecular weight excluding hydrogens is 324 g/mol. The van der Waals surface area contributed by atoms with Gasteiger partial charge in [-0.25, -0.2) is 0 Å². The highest BCUT2D eigenvalue weighted by atomic mass is 16.5. The molecule has 0 saturated heterocycles. The molecule has 0 bridgehead atoms. The van der Waals surface area contributed by atoms with Gasteiger partial charge in [0, 0.05) is 22.2 Å². The van der Waals surface area contributed by atoms with Crippen molar-refractivity contribution in [1.82, 2.24) is 4.98 Å². The minimum Gasteiger partial charge on any atom is -0.495 e. The van der Waals surface area contributed by atoms with Gasteiger partial charge in [0.1, 0.15) is 5.75 Å². The molecule has 2 N–H and O–H groups in total. The number of ether oxygens (including phenoxy) is 1. The Bertz CT molecular complexity index is 978. The summed E-state index contributed by atoms with van der Waals surface area (Å²) in [5.74, 6) is 0.510. The molecule has 0 spiro atoms. The number of nitrogens with one attached hydrogen (secondary N) is 2. The third kappa shape index (κ3) is 3.32. The lowest BCUT2D eigenvalue weighted by Crippen LogP contribution is -2.15. The number of aryl methyl sites for hydroxylation is 2. The van der Waals surface area contributed by atoms with Crippen molar-refractivity contribution in [2.24, 2.45) is 0 Å². The van der Waals surface area contributed by atoms with E-state index in [1.165, 1.54) is 5.56 Å². The Morgan fingerprint density at radius 3 is 2.46 bits per heavy atom. The van der Waals surface area contributed by atoms with Gasteiger partial charge in [-0.2, -0.15) is 0 Å². The molecule has 0 saturated carbocycles. The standard InChI is InChI=1S/C22H26N2O2/c1-13-14(2)23-18-9-7-15(11-17(13)18)21(25)24-19-12-16(22(3,4)5)8-10-20(19)26-6/h7-12,23H,1-6H3,(H,24,25). The highest BCUT2D eigenvalue weighted by Gasteiger charge is 2.18. The van der Waals surface area contributed by atoms with Crippen LogP contribution in [0.25, 0.3) is 10.9 Å². The van der Waals surface area contributed by atoms with E-state index in [2.05, 4.69) is 38.0 Å². The van der Waals surface area contributed by atoms with Crippen molar-refractivity contribution in [1.29, 1.82) is 0 Å². The zero-order valence-corrected chi connectivity index (χ0v) is 16.3. The van der Waals surface area contributed by atoms with Crippen molar-refractivity contribution in [2.75, 3.05) is 12.4 Å². The van der Waals surface area contributed by atoms with E-state index in [0.29, 0.717) is 17.0 Å². The minimum absolute atomic E-state index is 0.00950. The van der Waals surface area contributed by atoms with Crippen molar-refractivity contribution in [3.63, 3.8) is 0 Å². The molecule has 3 aromatic rings. The van der Waals surface area contributed by atoms with E-state index < -0.39 is 0 Å². The molecule has 3 rings (SSSR count). The quantitative estimate of drug-likeness (QED) is 0.669. The summed E-state index contributed by atoms with van der Waals surface area (Å²) in [4.78, 5) is 16.2. The van der Waals surface area contributed by atoms with Gasteiger partial charge in [0.2, 0.25) is 0 Å². The van der Waals surface area contributed by atoms with Crippen LogP contribution in [0.1, 0.15) is 48.0 Å². The van der Waals surface area contributed by atoms with Crippen molar-refractivity contribution < 1.29 is 9.53 Å². The second-order valence-corrected chi connectivity index (χ2v) is 7.75. The average Bonchev–Trinajstić information content (AvgIpc) is 2.88. The Kier molecular flexibility index (Phi) is 4.53. The SMILES string of the molecule is COc1ccc(C(C)(C)C)cc1NC(=O)c1ccc2[nH]c(C)c(C)c2c1. The van der Waals surface area contributed by atoms with E-state index in [9.17, 15) is 4.79 Å². The number of methoxy groups -OCH3 is 1. The lowest BCUT2D eigenvalue weighted by Gasteiger charge is -2.21. The highest BCUT2D eigenvalue weighted by Crippen LogP contribution is 2.32. The highest BCUT2D eigenvalue weighted by molar-refractivity contribution is 6.07. The van der Waals surface area contributed by atoms with Gasteiger partial charge in [0.05, 0.1) is 12.8 Å². The van der Waals surface area contributed by atoms with Crippen molar-refractivity contribution in [3.8, 4) is 5.75 Å². The van der Waals surface area contributed by atoms with Crippen molar-refractivity contribution >= 4 is 22.5 Å². The van der Waals surface area contributed by atoms with E-state index in [0.717, 1.165) is 22.2 Å². The van der Waals surface area contributed by atoms with Gasteiger partial charge >= 0.3 is 0 Å². The molecule has 1 amide bonds. The zero-order chi connectivity index (χ0) is 19.1. The lowest BCUT2D eigenvalue weighted by molar-refractivity contribution is 0.102. The second kappa shape index (κ2) is 6.52. The second-order valence-electron chi connectivity index (χ2n) is 7.75. The van der Waals surface area contributed by atoms with Crippen LogP contribution in [0.15, 0.2) is 36.4 Å². The summed E-state index contributed by atoms with van der Waals surface area (Å²) in [6.07, 6.45) is 0. The number of hydrogen-bond acceptors (Lipinski definition) is 2. The third-order valence-electron chi connectivity index (χ3n) is 4.88. The van der Waals surface area contributed by atoms with E-state index in [1.54, 1.807) is 7.11 Å². The van der Waals surface area contributed by atoms with Gasteiger partial charge in [-0.15, -0.1) is 0 Å². The fourth-order valence-electron chi connectivity index (χ4n) is 3.07. The van der Waals surface area contributed by atoms with Crippen LogP contribution >= 0.6 is 0 Å². The summed E-state index contributed by atoms with van der Waals surface area (Å²) in [7, 11) is 1.61. The molecule has 1 heterocycles. The molecule has 4 heteroatoms. The Morgan fingerprint density at radius 1 is 1.08 bits per heavy atom. The number of hydrogen-bond donors (Lipinski definition) is 2. The molecule has 0 atom stereocenters. The molecule has 1 aromatic heterocycles. The van der Waals surface area contributed by atoms with E-state index in [1.807, 2.05) is 43.3 Å². The molecule has 0 aliphatic rings. The van der Waals surface area contributed by atoms with Crippen LogP contribution in [0, 0.1) is 13.8 Å². The molecular formula is C22H26N2O2. The molecule has 0 radical (unpaired) electrons. The predicted molar refractivity (Wildman–Crippen MR) is 107 cm³/mol. The van der Waals surface area contributed by atoms with Gasteiger partial charge in [-0.3, -0.25) is 4.79 Å². The Balaban J connectivity index is 1.96. The average molecular weight is 350 g/mol. The van der Waals surface area contributed by atoms with Crippen molar-refractivity contribution in [3.05, 3.63) is 58.8 Å². The number of carbonyl (C=O) groups excluding carboxylic acids is 1. The van der Waals surface area contributed by atoms with E-state index >= 15 is 0 Å². The predicted octanol–water partition coefficient (Wildman–Crippen LogP) is 5.34. The van der Waals surface area contributed by atoms with Crippen LogP contribution in [0.3, 0.4) is 0 Å². The summed E-state index contributed by atoms with van der Waals surface area (Å²) in [6, 6.07) is 11.6. The largest absolute Gasteiger partial charge is 0.495 e. The smallest absolute Gasteiger partial charge is 0.255 e. The van der Waals surface area contributed by atoms with Crippen LogP contribution in [-0.2, 0) is 5.41 Å². The summed E-state index contributed by atoms with van der Waals surface area (Å²) in [5, 5.41) is 4.08. The summed E-state index contributed by atoms with van der Waals surface area (Å²) in [6.45, 7) is 10.5. The lowest BCUT2D eigenvalue weighted by atomic mass is 9.87. The molecule has 2 aromatic carbocycles. The fourth-order valence-corrected chi connectivity index (χ4v) is 3.07. The molecule has 0 aliphatic carbocycles. The number of H-pyrrole nitrogens is 1. The number of benzene rings is 2. The monoisotopic (exact) mass is 350 g/mol. The first kappa shape index (κ1) is 18.1. The van der Waals surface area contributed by atoms with E-state index in [4.69, 9.17) is 4.74 Å². The maximum Gasteiger partial charge on any atom is 0.255 e. The third-order valence-corrected chi connectivity index (χ3v) is 4.88. The number of aromatic amines is 1. The Labute approximate surface area is 154 Å². The maximum absolute atomic E-state index is 12.8. The summed E-state index contributed by atoms with van der Waals surface area (Å²) >= 11 is 0. The molecule has 136 valence electrons. The normalized spacial score (nSPS) is 11.6. The van der Waals surface area contributed by atoms with E-state index in [-0.39, 0.29) is 11.3 Å². The van der Waals surface area contributed by atoms with Gasteiger partial charge in [0.15, 0.2) is 0 Å². The first-order chi connectivity index (χ1) is 12.2. The van der Waals surface area contributed by atoms with Crippen LogP contribution in [-0.4, -0.2) is 18.0 Å². The Hall–Kier alpha value is -2.75. The number of fused-ring (bicyclic) bond motifs is 1. The van der Waals surface area contributed by atoms with Gasteiger partial charge in [-0.05, 0) is 60.7 Å².